The smallest absolute Gasteiger partial charge is 0.287 e. The Morgan fingerprint density at radius 2 is 1.66 bits per heavy atom. The van der Waals surface area contributed by atoms with E-state index in [9.17, 15) is 19.2 Å². The van der Waals surface area contributed by atoms with Crippen molar-refractivity contribution in [2.45, 2.75) is 44.7 Å². The van der Waals surface area contributed by atoms with Crippen LogP contribution in [-0.4, -0.2) is 36.1 Å². The molecule has 0 unspecified atom stereocenters. The summed E-state index contributed by atoms with van der Waals surface area (Å²) in [6.45, 7) is 1.06. The van der Waals surface area contributed by atoms with Gasteiger partial charge in [0, 0.05) is 17.3 Å². The van der Waals surface area contributed by atoms with E-state index in [4.69, 9.17) is 8.83 Å². The zero-order chi connectivity index (χ0) is 24.8. The summed E-state index contributed by atoms with van der Waals surface area (Å²) in [5.74, 6) is -1.25. The molecule has 1 atom stereocenters. The number of hydrogen-bond donors (Lipinski definition) is 2. The number of nitrogens with zero attached hydrogens (tertiary/aromatic N) is 1. The maximum Gasteiger partial charge on any atom is 0.287 e. The van der Waals surface area contributed by atoms with Crippen molar-refractivity contribution >= 4 is 29.2 Å². The highest BCUT2D eigenvalue weighted by molar-refractivity contribution is 6.04. The van der Waals surface area contributed by atoms with Crippen molar-refractivity contribution < 1.29 is 28.0 Å². The molecule has 9 nitrogen and oxygen atoms in total. The number of carbonyl (C=O) groups is 4. The van der Waals surface area contributed by atoms with Crippen LogP contribution in [0.25, 0.3) is 0 Å². The molecule has 1 aliphatic carbocycles. The van der Waals surface area contributed by atoms with Crippen LogP contribution in [0.2, 0.25) is 0 Å². The van der Waals surface area contributed by atoms with Gasteiger partial charge < -0.3 is 19.5 Å². The summed E-state index contributed by atoms with van der Waals surface area (Å²) in [5.41, 5.74) is 0.854. The van der Waals surface area contributed by atoms with Gasteiger partial charge >= 0.3 is 0 Å². The molecule has 0 aliphatic heterocycles. The summed E-state index contributed by atoms with van der Waals surface area (Å²) in [7, 11) is 0. The number of nitrogens with one attached hydrogen (secondary N) is 2. The fourth-order valence-corrected chi connectivity index (χ4v) is 4.20. The van der Waals surface area contributed by atoms with E-state index in [0.29, 0.717) is 11.3 Å². The Hall–Kier alpha value is -4.14. The van der Waals surface area contributed by atoms with Gasteiger partial charge in [-0.15, -0.1) is 0 Å². The van der Waals surface area contributed by atoms with Crippen molar-refractivity contribution in [1.29, 1.82) is 0 Å². The molecule has 3 aromatic rings. The van der Waals surface area contributed by atoms with E-state index in [-0.39, 0.29) is 35.8 Å². The molecular weight excluding hydrogens is 450 g/mol. The van der Waals surface area contributed by atoms with E-state index < -0.39 is 17.9 Å². The van der Waals surface area contributed by atoms with Crippen LogP contribution in [0.4, 0.5) is 5.69 Å². The highest BCUT2D eigenvalue weighted by atomic mass is 16.3. The van der Waals surface area contributed by atoms with Crippen molar-refractivity contribution in [3.63, 3.8) is 0 Å². The third kappa shape index (κ3) is 5.68. The number of rotatable bonds is 9. The number of amides is 3. The zero-order valence-electron chi connectivity index (χ0n) is 19.4. The zero-order valence-corrected chi connectivity index (χ0v) is 19.4. The first-order chi connectivity index (χ1) is 16.9. The molecule has 1 aliphatic rings. The monoisotopic (exact) mass is 477 g/mol. The molecule has 1 saturated carbocycles. The maximum absolute atomic E-state index is 13.5. The Labute approximate surface area is 202 Å². The predicted octanol–water partition coefficient (Wildman–Crippen LogP) is 3.64. The van der Waals surface area contributed by atoms with E-state index >= 15 is 0 Å². The fraction of sp³-hybridized carbons (Fsp3) is 0.308. The minimum Gasteiger partial charge on any atom is -0.467 e. The molecule has 2 aromatic heterocycles. The van der Waals surface area contributed by atoms with E-state index in [1.807, 2.05) is 0 Å². The highest BCUT2D eigenvalue weighted by Gasteiger charge is 2.36. The molecule has 0 bridgehead atoms. The lowest BCUT2D eigenvalue weighted by Gasteiger charge is -2.31. The van der Waals surface area contributed by atoms with Gasteiger partial charge in [-0.2, -0.15) is 0 Å². The SMILES string of the molecule is CC(=O)c1ccc(N(C(=O)CNC(=O)c2ccco2)[C@H](C(=O)NC2CCCC2)c2ccco2)cc1. The lowest BCUT2D eigenvalue weighted by molar-refractivity contribution is -0.127. The van der Waals surface area contributed by atoms with Gasteiger partial charge in [0.15, 0.2) is 17.6 Å². The van der Waals surface area contributed by atoms with Gasteiger partial charge in [0.05, 0.1) is 19.1 Å². The average Bonchev–Trinajstić information content (AvgIpc) is 3.64. The van der Waals surface area contributed by atoms with E-state index in [1.54, 1.807) is 42.5 Å². The molecule has 1 aromatic carbocycles. The largest absolute Gasteiger partial charge is 0.467 e. The van der Waals surface area contributed by atoms with Gasteiger partial charge in [0.2, 0.25) is 5.91 Å². The summed E-state index contributed by atoms with van der Waals surface area (Å²) < 4.78 is 10.6. The molecule has 0 spiro atoms. The molecular formula is C26H27N3O6. The fourth-order valence-electron chi connectivity index (χ4n) is 4.20. The Bertz CT molecular complexity index is 1160. The molecule has 9 heteroatoms. The van der Waals surface area contributed by atoms with Gasteiger partial charge in [-0.05, 0) is 68.3 Å². The number of furan rings is 2. The summed E-state index contributed by atoms with van der Waals surface area (Å²) in [5, 5.41) is 5.58. The first-order valence-corrected chi connectivity index (χ1v) is 11.5. The third-order valence-electron chi connectivity index (χ3n) is 5.99. The van der Waals surface area contributed by atoms with Gasteiger partial charge in [0.1, 0.15) is 5.76 Å². The van der Waals surface area contributed by atoms with E-state index in [2.05, 4.69) is 10.6 Å². The molecule has 182 valence electrons. The number of hydrogen-bond acceptors (Lipinski definition) is 6. The minimum absolute atomic E-state index is 0.0238. The summed E-state index contributed by atoms with van der Waals surface area (Å²) in [6, 6.07) is 11.6. The quantitative estimate of drug-likeness (QED) is 0.454. The van der Waals surface area contributed by atoms with Crippen LogP contribution >= 0.6 is 0 Å². The van der Waals surface area contributed by atoms with Crippen LogP contribution in [0.1, 0.15) is 65.3 Å². The summed E-state index contributed by atoms with van der Waals surface area (Å²) in [4.78, 5) is 52.4. The standard InChI is InChI=1S/C26H27N3O6/c1-17(30)18-10-12-20(13-11-18)29(23(31)16-27-25(32)22-9-5-15-35-22)24(21-8-4-14-34-21)26(33)28-19-6-2-3-7-19/h4-5,8-15,19,24H,2-3,6-7,16H2,1H3,(H,27,32)(H,28,33)/t24-/m0/s1. The van der Waals surface area contributed by atoms with Crippen molar-refractivity contribution in [2.75, 3.05) is 11.4 Å². The third-order valence-corrected chi connectivity index (χ3v) is 5.99. The van der Waals surface area contributed by atoms with Crippen molar-refractivity contribution in [1.82, 2.24) is 10.6 Å². The van der Waals surface area contributed by atoms with Crippen LogP contribution in [0.5, 0.6) is 0 Å². The van der Waals surface area contributed by atoms with Crippen molar-refractivity contribution in [2.24, 2.45) is 0 Å². The molecule has 1 fully saturated rings. The second kappa shape index (κ2) is 10.9. The minimum atomic E-state index is -1.11. The van der Waals surface area contributed by atoms with Crippen LogP contribution in [-0.2, 0) is 9.59 Å². The second-order valence-corrected chi connectivity index (χ2v) is 8.43. The predicted molar refractivity (Wildman–Crippen MR) is 127 cm³/mol. The van der Waals surface area contributed by atoms with E-state index in [0.717, 1.165) is 25.7 Å². The van der Waals surface area contributed by atoms with Gasteiger partial charge in [-0.3, -0.25) is 24.1 Å². The molecule has 0 radical (unpaired) electrons. The lowest BCUT2D eigenvalue weighted by Crippen LogP contribution is -2.49. The number of anilines is 1. The molecule has 0 saturated heterocycles. The highest BCUT2D eigenvalue weighted by Crippen LogP contribution is 2.30. The lowest BCUT2D eigenvalue weighted by atomic mass is 10.1. The Kier molecular flexibility index (Phi) is 7.45. The molecule has 35 heavy (non-hydrogen) atoms. The number of ketones is 1. The molecule has 4 rings (SSSR count). The normalized spacial score (nSPS) is 14.3. The van der Waals surface area contributed by atoms with Crippen LogP contribution < -0.4 is 15.5 Å². The van der Waals surface area contributed by atoms with Crippen LogP contribution in [0.3, 0.4) is 0 Å². The number of benzene rings is 1. The van der Waals surface area contributed by atoms with Crippen LogP contribution in [0, 0.1) is 0 Å². The summed E-state index contributed by atoms with van der Waals surface area (Å²) >= 11 is 0. The van der Waals surface area contributed by atoms with Crippen molar-refractivity contribution in [3.8, 4) is 0 Å². The van der Waals surface area contributed by atoms with Crippen molar-refractivity contribution in [3.05, 3.63) is 78.1 Å². The Balaban J connectivity index is 1.65. The molecule has 2 N–H and O–H groups in total. The van der Waals surface area contributed by atoms with Gasteiger partial charge in [-0.25, -0.2) is 0 Å². The number of Topliss-reactive ketones (excluding diaryl/α,β-unsaturated/α-hetero) is 1. The van der Waals surface area contributed by atoms with E-state index in [1.165, 1.54) is 30.4 Å². The number of carbonyl (C=O) groups excluding carboxylic acids is 4. The Morgan fingerprint density at radius 1 is 0.971 bits per heavy atom. The first-order valence-electron chi connectivity index (χ1n) is 11.5. The Morgan fingerprint density at radius 3 is 2.26 bits per heavy atom. The summed E-state index contributed by atoms with van der Waals surface area (Å²) in [6.07, 6.45) is 6.61. The average molecular weight is 478 g/mol. The maximum atomic E-state index is 13.5. The molecule has 2 heterocycles. The van der Waals surface area contributed by atoms with Crippen LogP contribution in [0.15, 0.2) is 69.9 Å². The van der Waals surface area contributed by atoms with Gasteiger partial charge in [0.25, 0.3) is 11.8 Å². The molecule has 3 amide bonds. The van der Waals surface area contributed by atoms with Gasteiger partial charge in [-0.1, -0.05) is 12.8 Å². The second-order valence-electron chi connectivity index (χ2n) is 8.43. The topological polar surface area (TPSA) is 122 Å². The first kappa shape index (κ1) is 24.0.